The van der Waals surface area contributed by atoms with Gasteiger partial charge in [-0.05, 0) is 61.2 Å². The van der Waals surface area contributed by atoms with Crippen LogP contribution in [-0.4, -0.2) is 30.4 Å². The Bertz CT molecular complexity index is 689. The number of hydrogen-bond donors (Lipinski definition) is 1. The molecule has 0 aromatic heterocycles. The maximum absolute atomic E-state index is 11.8. The molecule has 0 bridgehead atoms. The third kappa shape index (κ3) is 3.56. The number of piperidine rings is 1. The SMILES string of the molecule is CC(C(N)=O)c1c(CCN2CCCCC2)ccc2ccccc12. The summed E-state index contributed by atoms with van der Waals surface area (Å²) in [6, 6.07) is 12.6. The lowest BCUT2D eigenvalue weighted by atomic mass is 9.88. The number of hydrogen-bond acceptors (Lipinski definition) is 2. The molecule has 2 N–H and O–H groups in total. The van der Waals surface area contributed by atoms with Gasteiger partial charge in [0.15, 0.2) is 0 Å². The first-order chi connectivity index (χ1) is 11.2. The second-order valence-electron chi connectivity index (χ2n) is 6.64. The molecule has 0 radical (unpaired) electrons. The Morgan fingerprint density at radius 1 is 1.13 bits per heavy atom. The highest BCUT2D eigenvalue weighted by molar-refractivity contribution is 5.93. The van der Waals surface area contributed by atoms with Gasteiger partial charge in [0.05, 0.1) is 5.92 Å². The van der Waals surface area contributed by atoms with E-state index >= 15 is 0 Å². The van der Waals surface area contributed by atoms with Crippen molar-refractivity contribution in [2.45, 2.75) is 38.5 Å². The van der Waals surface area contributed by atoms with Crippen molar-refractivity contribution in [1.82, 2.24) is 4.90 Å². The fourth-order valence-corrected chi connectivity index (χ4v) is 3.67. The zero-order chi connectivity index (χ0) is 16.2. The first-order valence-electron chi connectivity index (χ1n) is 8.69. The highest BCUT2D eigenvalue weighted by atomic mass is 16.1. The molecule has 2 aromatic carbocycles. The van der Waals surface area contributed by atoms with Crippen molar-refractivity contribution in [3.05, 3.63) is 47.5 Å². The number of rotatable bonds is 5. The molecule has 3 nitrogen and oxygen atoms in total. The maximum atomic E-state index is 11.8. The monoisotopic (exact) mass is 310 g/mol. The van der Waals surface area contributed by atoms with E-state index in [1.165, 1.54) is 43.3 Å². The Kier molecular flexibility index (Phi) is 4.97. The molecule has 122 valence electrons. The number of carbonyl (C=O) groups is 1. The van der Waals surface area contributed by atoms with Gasteiger partial charge < -0.3 is 10.6 Å². The lowest BCUT2D eigenvalue weighted by Gasteiger charge is -2.27. The molecule has 2 aromatic rings. The van der Waals surface area contributed by atoms with E-state index in [1.807, 2.05) is 19.1 Å². The smallest absolute Gasteiger partial charge is 0.224 e. The van der Waals surface area contributed by atoms with Crippen LogP contribution in [0.4, 0.5) is 0 Å². The highest BCUT2D eigenvalue weighted by Gasteiger charge is 2.19. The molecule has 1 heterocycles. The molecule has 0 aliphatic carbocycles. The van der Waals surface area contributed by atoms with Gasteiger partial charge in [0.25, 0.3) is 0 Å². The van der Waals surface area contributed by atoms with Crippen LogP contribution < -0.4 is 5.73 Å². The van der Waals surface area contributed by atoms with Crippen molar-refractivity contribution in [1.29, 1.82) is 0 Å². The standard InChI is InChI=1S/C20H26N2O/c1-15(20(21)23)19-17(11-14-22-12-5-2-6-13-22)10-9-16-7-3-4-8-18(16)19/h3-4,7-10,15H,2,5-6,11-14H2,1H3,(H2,21,23). The van der Waals surface area contributed by atoms with Crippen molar-refractivity contribution in [3.8, 4) is 0 Å². The van der Waals surface area contributed by atoms with E-state index in [9.17, 15) is 4.79 Å². The number of carbonyl (C=O) groups excluding carboxylic acids is 1. The average Bonchev–Trinajstić information content (AvgIpc) is 2.59. The summed E-state index contributed by atoms with van der Waals surface area (Å²) in [4.78, 5) is 14.4. The normalized spacial score (nSPS) is 17.3. The molecule has 1 aliphatic rings. The van der Waals surface area contributed by atoms with Gasteiger partial charge in [-0.15, -0.1) is 0 Å². The number of nitrogens with zero attached hydrogens (tertiary/aromatic N) is 1. The molecule has 1 atom stereocenters. The lowest BCUT2D eigenvalue weighted by molar-refractivity contribution is -0.119. The maximum Gasteiger partial charge on any atom is 0.224 e. The van der Waals surface area contributed by atoms with E-state index < -0.39 is 0 Å². The summed E-state index contributed by atoms with van der Waals surface area (Å²) in [5.74, 6) is -0.502. The van der Waals surface area contributed by atoms with E-state index in [0.29, 0.717) is 0 Å². The zero-order valence-corrected chi connectivity index (χ0v) is 13.9. The van der Waals surface area contributed by atoms with Crippen LogP contribution in [0.1, 0.15) is 43.2 Å². The predicted molar refractivity (Wildman–Crippen MR) is 95.6 cm³/mol. The summed E-state index contributed by atoms with van der Waals surface area (Å²) in [5.41, 5.74) is 8.00. The van der Waals surface area contributed by atoms with Gasteiger partial charge in [0.2, 0.25) is 5.91 Å². The van der Waals surface area contributed by atoms with Crippen molar-refractivity contribution in [2.24, 2.45) is 5.73 Å². The Labute approximate surface area is 138 Å². The first kappa shape index (κ1) is 16.0. The average molecular weight is 310 g/mol. The topological polar surface area (TPSA) is 46.3 Å². The second-order valence-corrected chi connectivity index (χ2v) is 6.64. The molecule has 23 heavy (non-hydrogen) atoms. The molecule has 3 heteroatoms. The van der Waals surface area contributed by atoms with Crippen molar-refractivity contribution < 1.29 is 4.79 Å². The molecule has 0 spiro atoms. The second kappa shape index (κ2) is 7.14. The Balaban J connectivity index is 1.91. The van der Waals surface area contributed by atoms with Crippen LogP contribution in [0.25, 0.3) is 10.8 Å². The fraction of sp³-hybridized carbons (Fsp3) is 0.450. The third-order valence-corrected chi connectivity index (χ3v) is 5.07. The molecule has 1 saturated heterocycles. The Morgan fingerprint density at radius 2 is 1.87 bits per heavy atom. The minimum Gasteiger partial charge on any atom is -0.369 e. The van der Waals surface area contributed by atoms with Crippen LogP contribution in [0.5, 0.6) is 0 Å². The molecule has 3 rings (SSSR count). The van der Waals surface area contributed by atoms with Gasteiger partial charge in [0.1, 0.15) is 0 Å². The van der Waals surface area contributed by atoms with Crippen molar-refractivity contribution in [3.63, 3.8) is 0 Å². The van der Waals surface area contributed by atoms with E-state index in [4.69, 9.17) is 5.73 Å². The van der Waals surface area contributed by atoms with Gasteiger partial charge in [-0.3, -0.25) is 4.79 Å². The van der Waals surface area contributed by atoms with Gasteiger partial charge in [-0.25, -0.2) is 0 Å². The summed E-state index contributed by atoms with van der Waals surface area (Å²) >= 11 is 0. The fourth-order valence-electron chi connectivity index (χ4n) is 3.67. The van der Waals surface area contributed by atoms with Gasteiger partial charge >= 0.3 is 0 Å². The lowest BCUT2D eigenvalue weighted by Crippen LogP contribution is -2.31. The Hall–Kier alpha value is -1.87. The number of likely N-dealkylation sites (tertiary alicyclic amines) is 1. The summed E-state index contributed by atoms with van der Waals surface area (Å²) in [5, 5.41) is 2.34. The summed E-state index contributed by atoms with van der Waals surface area (Å²) in [7, 11) is 0. The highest BCUT2D eigenvalue weighted by Crippen LogP contribution is 2.30. The van der Waals surface area contributed by atoms with Crippen LogP contribution in [0, 0.1) is 0 Å². The van der Waals surface area contributed by atoms with Crippen LogP contribution >= 0.6 is 0 Å². The minimum absolute atomic E-state index is 0.249. The summed E-state index contributed by atoms with van der Waals surface area (Å²) < 4.78 is 0. The van der Waals surface area contributed by atoms with Gasteiger partial charge in [-0.2, -0.15) is 0 Å². The number of amides is 1. The zero-order valence-electron chi connectivity index (χ0n) is 13.9. The molecular weight excluding hydrogens is 284 g/mol. The van der Waals surface area contributed by atoms with Gasteiger partial charge in [-0.1, -0.05) is 42.8 Å². The van der Waals surface area contributed by atoms with E-state index in [-0.39, 0.29) is 11.8 Å². The molecule has 1 aliphatic heterocycles. The Morgan fingerprint density at radius 3 is 2.61 bits per heavy atom. The quantitative estimate of drug-likeness (QED) is 0.919. The van der Waals surface area contributed by atoms with Crippen molar-refractivity contribution in [2.75, 3.05) is 19.6 Å². The minimum atomic E-state index is -0.252. The number of primary amides is 1. The molecular formula is C20H26N2O. The summed E-state index contributed by atoms with van der Waals surface area (Å²) in [6.45, 7) is 5.40. The third-order valence-electron chi connectivity index (χ3n) is 5.07. The van der Waals surface area contributed by atoms with Crippen LogP contribution in [0.2, 0.25) is 0 Å². The first-order valence-corrected chi connectivity index (χ1v) is 8.69. The number of nitrogens with two attached hydrogens (primary N) is 1. The van der Waals surface area contributed by atoms with Gasteiger partial charge in [0, 0.05) is 6.54 Å². The predicted octanol–water partition coefficient (Wildman–Crippen LogP) is 3.46. The largest absolute Gasteiger partial charge is 0.369 e. The van der Waals surface area contributed by atoms with Crippen LogP contribution in [-0.2, 0) is 11.2 Å². The van der Waals surface area contributed by atoms with Crippen molar-refractivity contribution >= 4 is 16.7 Å². The molecule has 1 unspecified atom stereocenters. The van der Waals surface area contributed by atoms with Crippen LogP contribution in [0.15, 0.2) is 36.4 Å². The van der Waals surface area contributed by atoms with E-state index in [0.717, 1.165) is 23.9 Å². The molecule has 1 amide bonds. The number of fused-ring (bicyclic) bond motifs is 1. The molecule has 0 saturated carbocycles. The molecule has 1 fully saturated rings. The van der Waals surface area contributed by atoms with E-state index in [1.54, 1.807) is 0 Å². The number of benzene rings is 2. The summed E-state index contributed by atoms with van der Waals surface area (Å²) in [6.07, 6.45) is 4.96. The van der Waals surface area contributed by atoms with Crippen LogP contribution in [0.3, 0.4) is 0 Å². The van der Waals surface area contributed by atoms with E-state index in [2.05, 4.69) is 29.2 Å².